The number of methoxy groups -OCH3 is 3. The molecule has 0 aromatic heterocycles. The third kappa shape index (κ3) is 5.97. The average molecular weight is 402 g/mol. The number of benzene rings is 2. The summed E-state index contributed by atoms with van der Waals surface area (Å²) in [5.74, 6) is 0.0921. The first kappa shape index (κ1) is 21.7. The van der Waals surface area contributed by atoms with E-state index in [0.29, 0.717) is 28.5 Å². The SMILES string of the molecule is COc1cc(/C=C/C(=O)N(C)CC(=O)Nc2cccc(F)c2)cc(OC)c1OC. The molecular weight excluding hydrogens is 379 g/mol. The summed E-state index contributed by atoms with van der Waals surface area (Å²) in [4.78, 5) is 25.6. The van der Waals surface area contributed by atoms with Crippen molar-refractivity contribution in [3.8, 4) is 17.2 Å². The topological polar surface area (TPSA) is 77.1 Å². The first-order chi connectivity index (χ1) is 13.9. The van der Waals surface area contributed by atoms with Gasteiger partial charge in [-0.2, -0.15) is 0 Å². The molecule has 0 spiro atoms. The predicted molar refractivity (Wildman–Crippen MR) is 108 cm³/mol. The number of hydrogen-bond donors (Lipinski definition) is 1. The summed E-state index contributed by atoms with van der Waals surface area (Å²) in [5, 5.41) is 2.54. The fourth-order valence-electron chi connectivity index (χ4n) is 2.55. The lowest BCUT2D eigenvalue weighted by Gasteiger charge is -2.15. The summed E-state index contributed by atoms with van der Waals surface area (Å²) in [6, 6.07) is 8.92. The average Bonchev–Trinajstić information content (AvgIpc) is 2.70. The van der Waals surface area contributed by atoms with E-state index in [1.54, 1.807) is 24.3 Å². The van der Waals surface area contributed by atoms with Gasteiger partial charge in [0.1, 0.15) is 5.82 Å². The molecule has 0 saturated carbocycles. The lowest BCUT2D eigenvalue weighted by molar-refractivity contribution is -0.129. The maximum absolute atomic E-state index is 13.2. The first-order valence-electron chi connectivity index (χ1n) is 8.66. The van der Waals surface area contributed by atoms with Crippen molar-refractivity contribution in [2.24, 2.45) is 0 Å². The first-order valence-corrected chi connectivity index (χ1v) is 8.66. The van der Waals surface area contributed by atoms with Crippen molar-refractivity contribution in [1.82, 2.24) is 4.90 Å². The maximum Gasteiger partial charge on any atom is 0.246 e. The number of rotatable bonds is 8. The number of anilines is 1. The highest BCUT2D eigenvalue weighted by atomic mass is 19.1. The molecule has 154 valence electrons. The van der Waals surface area contributed by atoms with Crippen LogP contribution in [0.2, 0.25) is 0 Å². The fourth-order valence-corrected chi connectivity index (χ4v) is 2.55. The molecule has 2 amide bonds. The van der Waals surface area contributed by atoms with E-state index in [1.807, 2.05) is 0 Å². The van der Waals surface area contributed by atoms with Crippen LogP contribution in [0, 0.1) is 5.82 Å². The molecule has 2 aromatic carbocycles. The van der Waals surface area contributed by atoms with Gasteiger partial charge in [0.25, 0.3) is 0 Å². The van der Waals surface area contributed by atoms with E-state index in [2.05, 4.69) is 5.32 Å². The van der Waals surface area contributed by atoms with Gasteiger partial charge >= 0.3 is 0 Å². The van der Waals surface area contributed by atoms with E-state index in [1.165, 1.54) is 57.6 Å². The van der Waals surface area contributed by atoms with Crippen molar-refractivity contribution in [3.05, 3.63) is 53.9 Å². The van der Waals surface area contributed by atoms with Crippen LogP contribution in [-0.2, 0) is 9.59 Å². The van der Waals surface area contributed by atoms with Crippen molar-refractivity contribution in [2.45, 2.75) is 0 Å². The molecule has 2 aromatic rings. The Morgan fingerprint density at radius 1 is 1.07 bits per heavy atom. The van der Waals surface area contributed by atoms with Gasteiger partial charge in [0.2, 0.25) is 17.6 Å². The zero-order chi connectivity index (χ0) is 21.4. The molecule has 7 nitrogen and oxygen atoms in total. The number of likely N-dealkylation sites (N-methyl/N-ethyl adjacent to an activating group) is 1. The molecule has 0 bridgehead atoms. The minimum absolute atomic E-state index is 0.186. The van der Waals surface area contributed by atoms with Crippen LogP contribution in [0.3, 0.4) is 0 Å². The summed E-state index contributed by atoms with van der Waals surface area (Å²) >= 11 is 0. The van der Waals surface area contributed by atoms with Gasteiger partial charge in [-0.05, 0) is 42.0 Å². The van der Waals surface area contributed by atoms with Crippen molar-refractivity contribution >= 4 is 23.6 Å². The van der Waals surface area contributed by atoms with Crippen LogP contribution in [-0.4, -0.2) is 51.6 Å². The molecule has 29 heavy (non-hydrogen) atoms. The van der Waals surface area contributed by atoms with Crippen LogP contribution in [0.25, 0.3) is 6.08 Å². The molecule has 0 atom stereocenters. The highest BCUT2D eigenvalue weighted by Crippen LogP contribution is 2.38. The third-order valence-electron chi connectivity index (χ3n) is 3.97. The second-order valence-corrected chi connectivity index (χ2v) is 6.04. The molecule has 1 N–H and O–H groups in total. The molecule has 0 aliphatic heterocycles. The van der Waals surface area contributed by atoms with Gasteiger partial charge in [-0.3, -0.25) is 9.59 Å². The molecule has 0 unspecified atom stereocenters. The quantitative estimate of drug-likeness (QED) is 0.687. The fraction of sp³-hybridized carbons (Fsp3) is 0.238. The molecule has 0 fully saturated rings. The summed E-state index contributed by atoms with van der Waals surface area (Å²) < 4.78 is 29.0. The van der Waals surface area contributed by atoms with Crippen LogP contribution in [0.4, 0.5) is 10.1 Å². The lowest BCUT2D eigenvalue weighted by Crippen LogP contribution is -2.33. The maximum atomic E-state index is 13.2. The largest absolute Gasteiger partial charge is 0.493 e. The Labute approximate surface area is 168 Å². The number of carbonyl (C=O) groups is 2. The second kappa shape index (κ2) is 10.1. The number of nitrogens with zero attached hydrogens (tertiary/aromatic N) is 1. The molecule has 0 aliphatic rings. The minimum atomic E-state index is -0.458. The Bertz CT molecular complexity index is 889. The predicted octanol–water partition coefficient (Wildman–Crippen LogP) is 2.96. The lowest BCUT2D eigenvalue weighted by atomic mass is 10.1. The highest BCUT2D eigenvalue weighted by molar-refractivity contribution is 5.98. The van der Waals surface area contributed by atoms with Crippen molar-refractivity contribution in [3.63, 3.8) is 0 Å². The normalized spacial score (nSPS) is 10.5. The van der Waals surface area contributed by atoms with E-state index in [9.17, 15) is 14.0 Å². The molecule has 8 heteroatoms. The number of halogens is 1. The number of carbonyl (C=O) groups excluding carboxylic acids is 2. The zero-order valence-electron chi connectivity index (χ0n) is 16.7. The number of ether oxygens (including phenoxy) is 3. The molecule has 0 aliphatic carbocycles. The molecule has 0 heterocycles. The van der Waals surface area contributed by atoms with Crippen molar-refractivity contribution < 1.29 is 28.2 Å². The van der Waals surface area contributed by atoms with Gasteiger partial charge in [0.05, 0.1) is 27.9 Å². The van der Waals surface area contributed by atoms with Gasteiger partial charge in [0, 0.05) is 18.8 Å². The Morgan fingerprint density at radius 2 is 1.72 bits per heavy atom. The Hall–Kier alpha value is -3.55. The molecular formula is C21H23FN2O5. The van der Waals surface area contributed by atoms with Gasteiger partial charge in [0.15, 0.2) is 11.5 Å². The van der Waals surface area contributed by atoms with E-state index in [0.717, 1.165) is 0 Å². The van der Waals surface area contributed by atoms with Gasteiger partial charge in [-0.15, -0.1) is 0 Å². The zero-order valence-corrected chi connectivity index (χ0v) is 16.7. The van der Waals surface area contributed by atoms with Gasteiger partial charge < -0.3 is 24.4 Å². The van der Waals surface area contributed by atoms with Gasteiger partial charge in [-0.25, -0.2) is 4.39 Å². The van der Waals surface area contributed by atoms with E-state index in [-0.39, 0.29) is 12.5 Å². The van der Waals surface area contributed by atoms with E-state index in [4.69, 9.17) is 14.2 Å². The van der Waals surface area contributed by atoms with Crippen LogP contribution >= 0.6 is 0 Å². The molecule has 0 radical (unpaired) electrons. The van der Waals surface area contributed by atoms with E-state index < -0.39 is 11.7 Å². The van der Waals surface area contributed by atoms with Crippen molar-refractivity contribution in [1.29, 1.82) is 0 Å². The Kier molecular flexibility index (Phi) is 7.59. The Morgan fingerprint density at radius 3 is 2.28 bits per heavy atom. The van der Waals surface area contributed by atoms with Gasteiger partial charge in [-0.1, -0.05) is 6.07 Å². The van der Waals surface area contributed by atoms with Crippen molar-refractivity contribution in [2.75, 3.05) is 40.2 Å². The number of hydrogen-bond acceptors (Lipinski definition) is 5. The van der Waals surface area contributed by atoms with Crippen LogP contribution in [0.1, 0.15) is 5.56 Å². The van der Waals surface area contributed by atoms with Crippen LogP contribution in [0.15, 0.2) is 42.5 Å². The highest BCUT2D eigenvalue weighted by Gasteiger charge is 2.14. The summed E-state index contributed by atoms with van der Waals surface area (Å²) in [6.07, 6.45) is 2.91. The van der Waals surface area contributed by atoms with Crippen LogP contribution < -0.4 is 19.5 Å². The summed E-state index contributed by atoms with van der Waals surface area (Å²) in [7, 11) is 6.00. The number of nitrogens with one attached hydrogen (secondary N) is 1. The monoisotopic (exact) mass is 402 g/mol. The Balaban J connectivity index is 2.03. The summed E-state index contributed by atoms with van der Waals surface area (Å²) in [5.41, 5.74) is 0.981. The summed E-state index contributed by atoms with van der Waals surface area (Å²) in [6.45, 7) is -0.186. The van der Waals surface area contributed by atoms with E-state index >= 15 is 0 Å². The second-order valence-electron chi connectivity index (χ2n) is 6.04. The third-order valence-corrected chi connectivity index (χ3v) is 3.97. The van der Waals surface area contributed by atoms with Crippen LogP contribution in [0.5, 0.6) is 17.2 Å². The minimum Gasteiger partial charge on any atom is -0.493 e. The molecule has 2 rings (SSSR count). The number of amides is 2. The smallest absolute Gasteiger partial charge is 0.246 e. The standard InChI is InChI=1S/C21H23FN2O5/c1-24(13-19(25)23-16-7-5-6-15(22)12-16)20(26)9-8-14-10-17(27-2)21(29-4)18(11-14)28-3/h5-12H,13H2,1-4H3,(H,23,25)/b9-8+. The molecule has 0 saturated heterocycles.